The van der Waals surface area contributed by atoms with Crippen molar-refractivity contribution in [1.29, 1.82) is 0 Å². The fourth-order valence-electron chi connectivity index (χ4n) is 4.46. The van der Waals surface area contributed by atoms with Crippen molar-refractivity contribution < 1.29 is 24.3 Å². The third-order valence-electron chi connectivity index (χ3n) is 6.32. The molecule has 0 spiro atoms. The first-order chi connectivity index (χ1) is 19.6. The Balaban J connectivity index is 1.32. The van der Waals surface area contributed by atoms with Crippen LogP contribution in [0.4, 0.5) is 16.9 Å². The van der Waals surface area contributed by atoms with Gasteiger partial charge >= 0.3 is 5.97 Å². The Hall–Kier alpha value is -3.54. The summed E-state index contributed by atoms with van der Waals surface area (Å²) in [6.45, 7) is 0. The van der Waals surface area contributed by atoms with E-state index < -0.39 is 29.2 Å². The fourth-order valence-corrected chi connectivity index (χ4v) is 7.42. The molecule has 1 aliphatic carbocycles. The third-order valence-corrected chi connectivity index (χ3v) is 9.43. The average molecular weight is 638 g/mol. The molecule has 0 unspecified atom stereocenters. The summed E-state index contributed by atoms with van der Waals surface area (Å²) in [4.78, 5) is 57.4. The van der Waals surface area contributed by atoms with Crippen molar-refractivity contribution in [2.24, 2.45) is 5.16 Å². The van der Waals surface area contributed by atoms with Crippen molar-refractivity contribution in [3.05, 3.63) is 38.9 Å². The number of thiazole rings is 1. The van der Waals surface area contributed by atoms with Crippen LogP contribution in [0.25, 0.3) is 0 Å². The molecule has 2 aromatic heterocycles. The number of carboxylic acids is 1. The van der Waals surface area contributed by atoms with Crippen LogP contribution in [0.15, 0.2) is 39.0 Å². The minimum Gasteiger partial charge on any atom is -0.477 e. The Morgan fingerprint density at radius 3 is 2.66 bits per heavy atom. The molecule has 1 saturated heterocycles. The standard InChI is InChI=1S/C23H24ClN9O5S3/c24-17-13(31-23(27)41-17)14(32-38-10-3-1-2-4-10)18(34)30-15-19(35)33-16(21(36)37)9(8-40-20(15)33)5-6-39-12-7-11(25)28-22(26)29-12/h5-7,10,15,20H,1-4,8H2,(H2,27,31)(H,30,34)(H,36,37)(H4,25,26,28,29)/b6-5+,32-14-/t15-,20-/m1/s1. The summed E-state index contributed by atoms with van der Waals surface area (Å²) < 4.78 is 0.151. The van der Waals surface area contributed by atoms with Gasteiger partial charge in [-0.15, -0.1) is 11.8 Å². The van der Waals surface area contributed by atoms with Crippen molar-refractivity contribution in [3.63, 3.8) is 0 Å². The molecule has 3 aliphatic rings. The molecule has 2 atom stereocenters. The lowest BCUT2D eigenvalue weighted by Crippen LogP contribution is -2.71. The van der Waals surface area contributed by atoms with Crippen LogP contribution in [-0.4, -0.2) is 71.7 Å². The first-order valence-corrected chi connectivity index (χ1v) is 15.4. The maximum atomic E-state index is 13.3. The number of nitrogens with two attached hydrogens (primary N) is 3. The van der Waals surface area contributed by atoms with E-state index in [9.17, 15) is 19.5 Å². The summed E-state index contributed by atoms with van der Waals surface area (Å²) in [7, 11) is 0. The lowest BCUT2D eigenvalue weighted by Gasteiger charge is -2.49. The second-order valence-electron chi connectivity index (χ2n) is 9.08. The number of β-lactam (4-membered cyclic amide) rings is 1. The van der Waals surface area contributed by atoms with Crippen molar-refractivity contribution in [2.75, 3.05) is 23.0 Å². The zero-order valence-electron chi connectivity index (χ0n) is 21.2. The molecule has 41 heavy (non-hydrogen) atoms. The number of oxime groups is 1. The van der Waals surface area contributed by atoms with Crippen LogP contribution in [0, 0.1) is 0 Å². The first kappa shape index (κ1) is 29.0. The molecule has 4 heterocycles. The van der Waals surface area contributed by atoms with Crippen LogP contribution < -0.4 is 22.5 Å². The van der Waals surface area contributed by atoms with Gasteiger partial charge < -0.3 is 32.5 Å². The number of aromatic nitrogens is 3. The van der Waals surface area contributed by atoms with Gasteiger partial charge in [0.1, 0.15) is 44.1 Å². The second-order valence-corrected chi connectivity index (χ2v) is 12.7. The molecule has 0 aromatic carbocycles. The van der Waals surface area contributed by atoms with E-state index in [0.717, 1.165) is 41.9 Å². The first-order valence-electron chi connectivity index (χ1n) is 12.2. The molecule has 2 fully saturated rings. The highest BCUT2D eigenvalue weighted by molar-refractivity contribution is 8.02. The van der Waals surface area contributed by atoms with E-state index in [-0.39, 0.29) is 50.2 Å². The molecule has 18 heteroatoms. The number of nitrogen functional groups attached to an aromatic ring is 3. The SMILES string of the molecule is Nc1cc(S/C=C/C2=C(C(=O)O)N3C(=O)[C@@H](NC(=O)/C(=N\OC4CCCC4)c4nc(N)sc4Cl)[C@H]3SC2)nc(N)n1. The van der Waals surface area contributed by atoms with Gasteiger partial charge in [-0.2, -0.15) is 4.98 Å². The number of hydrogen-bond acceptors (Lipinski definition) is 14. The fraction of sp³-hybridized carbons (Fsp3) is 0.348. The molecule has 2 amide bonds. The Labute approximate surface area is 250 Å². The number of nitrogens with zero attached hydrogens (tertiary/aromatic N) is 5. The number of nitrogens with one attached hydrogen (secondary N) is 1. The van der Waals surface area contributed by atoms with E-state index >= 15 is 0 Å². The van der Waals surface area contributed by atoms with Gasteiger partial charge in [-0.05, 0) is 42.7 Å². The Bertz CT molecular complexity index is 1470. The monoisotopic (exact) mass is 637 g/mol. The number of aliphatic carboxylic acids is 1. The maximum absolute atomic E-state index is 13.3. The number of thioether (sulfide) groups is 2. The Morgan fingerprint density at radius 2 is 2.00 bits per heavy atom. The molecule has 0 radical (unpaired) electrons. The smallest absolute Gasteiger partial charge is 0.352 e. The number of carbonyl (C=O) groups excluding carboxylic acids is 2. The van der Waals surface area contributed by atoms with Crippen molar-refractivity contribution >= 4 is 86.9 Å². The zero-order chi connectivity index (χ0) is 29.3. The minimum absolute atomic E-state index is 0.0143. The van der Waals surface area contributed by atoms with Crippen molar-refractivity contribution in [2.45, 2.75) is 48.2 Å². The van der Waals surface area contributed by atoms with E-state index in [1.165, 1.54) is 29.6 Å². The molecule has 2 aliphatic heterocycles. The van der Waals surface area contributed by atoms with Gasteiger partial charge in [0.15, 0.2) is 10.8 Å². The molecular weight excluding hydrogens is 614 g/mol. The highest BCUT2D eigenvalue weighted by atomic mass is 35.5. The molecule has 5 rings (SSSR count). The lowest BCUT2D eigenvalue weighted by atomic mass is 10.0. The number of carboxylic acid groups (broad SMARTS) is 1. The number of amides is 2. The summed E-state index contributed by atoms with van der Waals surface area (Å²) in [6, 6.07) is 0.527. The average Bonchev–Trinajstić information content (AvgIpc) is 3.55. The van der Waals surface area contributed by atoms with E-state index in [4.69, 9.17) is 33.6 Å². The number of carbonyl (C=O) groups is 3. The molecule has 216 valence electrons. The van der Waals surface area contributed by atoms with Gasteiger partial charge in [-0.25, -0.2) is 14.8 Å². The van der Waals surface area contributed by atoms with Crippen molar-refractivity contribution in [1.82, 2.24) is 25.2 Å². The number of hydrogen-bond donors (Lipinski definition) is 5. The highest BCUT2D eigenvalue weighted by Crippen LogP contribution is 2.41. The van der Waals surface area contributed by atoms with Gasteiger partial charge in [-0.3, -0.25) is 14.5 Å². The minimum atomic E-state index is -1.27. The third kappa shape index (κ3) is 6.22. The number of fused-ring (bicyclic) bond motifs is 1. The highest BCUT2D eigenvalue weighted by Gasteiger charge is 2.54. The number of rotatable bonds is 9. The van der Waals surface area contributed by atoms with E-state index in [0.29, 0.717) is 10.6 Å². The van der Waals surface area contributed by atoms with Crippen LogP contribution in [0.5, 0.6) is 0 Å². The molecule has 8 N–H and O–H groups in total. The molecule has 14 nitrogen and oxygen atoms in total. The summed E-state index contributed by atoms with van der Waals surface area (Å²) in [5.41, 5.74) is 17.1. The van der Waals surface area contributed by atoms with Crippen LogP contribution in [0.1, 0.15) is 31.4 Å². The topological polar surface area (TPSA) is 225 Å². The Morgan fingerprint density at radius 1 is 1.24 bits per heavy atom. The predicted molar refractivity (Wildman–Crippen MR) is 157 cm³/mol. The van der Waals surface area contributed by atoms with Crippen LogP contribution in [-0.2, 0) is 19.2 Å². The van der Waals surface area contributed by atoms with Gasteiger partial charge in [0, 0.05) is 11.8 Å². The quantitative estimate of drug-likeness (QED) is 0.0873. The maximum Gasteiger partial charge on any atom is 0.352 e. The number of halogens is 1. The predicted octanol–water partition coefficient (Wildman–Crippen LogP) is 2.04. The number of anilines is 3. The van der Waals surface area contributed by atoms with Crippen LogP contribution in [0.2, 0.25) is 4.34 Å². The summed E-state index contributed by atoms with van der Waals surface area (Å²) in [5.74, 6) is -2.10. The zero-order valence-corrected chi connectivity index (χ0v) is 24.4. The molecule has 2 aromatic rings. The summed E-state index contributed by atoms with van der Waals surface area (Å²) >= 11 is 9.70. The van der Waals surface area contributed by atoms with Gasteiger partial charge in [-0.1, -0.05) is 39.9 Å². The van der Waals surface area contributed by atoms with E-state index in [1.807, 2.05) is 0 Å². The van der Waals surface area contributed by atoms with Crippen LogP contribution >= 0.6 is 46.5 Å². The van der Waals surface area contributed by atoms with Crippen molar-refractivity contribution in [3.8, 4) is 0 Å². The largest absolute Gasteiger partial charge is 0.477 e. The van der Waals surface area contributed by atoms with Gasteiger partial charge in [0.2, 0.25) is 5.95 Å². The molecular formula is C23H24ClN9O5S3. The van der Waals surface area contributed by atoms with Gasteiger partial charge in [0.25, 0.3) is 11.8 Å². The van der Waals surface area contributed by atoms with Gasteiger partial charge in [0.05, 0.1) is 0 Å². The molecule has 1 saturated carbocycles. The second kappa shape index (κ2) is 12.1. The normalized spacial score (nSPS) is 21.2. The lowest BCUT2D eigenvalue weighted by molar-refractivity contribution is -0.150. The molecule has 0 bridgehead atoms. The van der Waals surface area contributed by atoms with Crippen LogP contribution in [0.3, 0.4) is 0 Å². The summed E-state index contributed by atoms with van der Waals surface area (Å²) in [5, 5.41) is 18.2. The Kier molecular flexibility index (Phi) is 8.58. The van der Waals surface area contributed by atoms with E-state index in [1.54, 1.807) is 11.5 Å². The number of allylic oxidation sites excluding steroid dienone is 1. The van der Waals surface area contributed by atoms with E-state index in [2.05, 4.69) is 25.4 Å². The summed E-state index contributed by atoms with van der Waals surface area (Å²) in [6.07, 6.45) is 5.05.